The molecule has 2 aromatic rings. The molecule has 4 nitrogen and oxygen atoms in total. The van der Waals surface area contributed by atoms with Crippen molar-refractivity contribution in [2.24, 2.45) is 0 Å². The summed E-state index contributed by atoms with van der Waals surface area (Å²) in [5.74, 6) is 0.175. The van der Waals surface area contributed by atoms with Gasteiger partial charge >= 0.3 is 0 Å². The SMILES string of the molecule is CC(C)c1ccc(CNc2nc(N)ncc2F)cc1. The minimum absolute atomic E-state index is 0.0547. The van der Waals surface area contributed by atoms with Gasteiger partial charge in [0.05, 0.1) is 6.20 Å². The maximum Gasteiger partial charge on any atom is 0.222 e. The summed E-state index contributed by atoms with van der Waals surface area (Å²) < 4.78 is 13.4. The van der Waals surface area contributed by atoms with Crippen molar-refractivity contribution in [2.75, 3.05) is 11.1 Å². The Hall–Kier alpha value is -2.17. The number of hydrogen-bond donors (Lipinski definition) is 2. The van der Waals surface area contributed by atoms with Gasteiger partial charge in [-0.2, -0.15) is 4.98 Å². The van der Waals surface area contributed by atoms with Crippen LogP contribution in [0.3, 0.4) is 0 Å². The van der Waals surface area contributed by atoms with E-state index in [1.54, 1.807) is 0 Å². The summed E-state index contributed by atoms with van der Waals surface area (Å²) >= 11 is 0. The van der Waals surface area contributed by atoms with Crippen LogP contribution in [-0.2, 0) is 6.54 Å². The van der Waals surface area contributed by atoms with Crippen molar-refractivity contribution in [3.05, 3.63) is 47.4 Å². The lowest BCUT2D eigenvalue weighted by Gasteiger charge is -2.09. The minimum Gasteiger partial charge on any atom is -0.368 e. The third-order valence-electron chi connectivity index (χ3n) is 2.87. The van der Waals surface area contributed by atoms with E-state index in [0.29, 0.717) is 12.5 Å². The Bertz CT molecular complexity index is 552. The van der Waals surface area contributed by atoms with Gasteiger partial charge in [0.15, 0.2) is 11.6 Å². The molecule has 0 unspecified atom stereocenters. The molecule has 1 aromatic heterocycles. The molecule has 0 saturated heterocycles. The topological polar surface area (TPSA) is 63.8 Å². The van der Waals surface area contributed by atoms with Crippen LogP contribution in [0, 0.1) is 5.82 Å². The number of nitrogens with one attached hydrogen (secondary N) is 1. The first-order valence-corrected chi connectivity index (χ1v) is 6.17. The Morgan fingerprint density at radius 1 is 1.26 bits per heavy atom. The molecule has 0 aliphatic heterocycles. The molecule has 19 heavy (non-hydrogen) atoms. The number of halogens is 1. The molecule has 0 radical (unpaired) electrons. The van der Waals surface area contributed by atoms with Crippen LogP contribution in [0.4, 0.5) is 16.2 Å². The summed E-state index contributed by atoms with van der Waals surface area (Å²) in [6.45, 7) is 4.78. The molecule has 1 heterocycles. The van der Waals surface area contributed by atoms with E-state index in [2.05, 4.69) is 41.3 Å². The second-order valence-corrected chi connectivity index (χ2v) is 4.67. The monoisotopic (exact) mass is 260 g/mol. The third-order valence-corrected chi connectivity index (χ3v) is 2.87. The Morgan fingerprint density at radius 2 is 1.95 bits per heavy atom. The van der Waals surface area contributed by atoms with Crippen molar-refractivity contribution in [1.82, 2.24) is 9.97 Å². The predicted octanol–water partition coefficient (Wildman–Crippen LogP) is 2.93. The molecule has 0 spiro atoms. The van der Waals surface area contributed by atoms with Gasteiger partial charge in [0, 0.05) is 6.54 Å². The van der Waals surface area contributed by atoms with Crippen LogP contribution in [0.15, 0.2) is 30.5 Å². The standard InChI is InChI=1S/C14H17FN4/c1-9(2)11-5-3-10(4-6-11)7-17-13-12(15)8-18-14(16)19-13/h3-6,8-9H,7H2,1-2H3,(H3,16,17,18,19). The first-order chi connectivity index (χ1) is 9.06. The lowest BCUT2D eigenvalue weighted by Crippen LogP contribution is -2.06. The van der Waals surface area contributed by atoms with E-state index in [4.69, 9.17) is 5.73 Å². The van der Waals surface area contributed by atoms with Gasteiger partial charge in [0.25, 0.3) is 0 Å². The van der Waals surface area contributed by atoms with Crippen LogP contribution in [0.5, 0.6) is 0 Å². The lowest BCUT2D eigenvalue weighted by atomic mass is 10.0. The molecule has 3 N–H and O–H groups in total. The van der Waals surface area contributed by atoms with Crippen LogP contribution in [0.1, 0.15) is 30.9 Å². The van der Waals surface area contributed by atoms with Crippen molar-refractivity contribution in [3.8, 4) is 0 Å². The van der Waals surface area contributed by atoms with Crippen LogP contribution < -0.4 is 11.1 Å². The number of anilines is 2. The second-order valence-electron chi connectivity index (χ2n) is 4.67. The maximum absolute atomic E-state index is 13.4. The Labute approximate surface area is 111 Å². The summed E-state index contributed by atoms with van der Waals surface area (Å²) in [6.07, 6.45) is 1.06. The van der Waals surface area contributed by atoms with Gasteiger partial charge in [-0.1, -0.05) is 38.1 Å². The smallest absolute Gasteiger partial charge is 0.222 e. The molecule has 0 aliphatic rings. The van der Waals surface area contributed by atoms with Crippen molar-refractivity contribution in [3.63, 3.8) is 0 Å². The Morgan fingerprint density at radius 3 is 2.58 bits per heavy atom. The highest BCUT2D eigenvalue weighted by Gasteiger charge is 2.05. The largest absolute Gasteiger partial charge is 0.368 e. The van der Waals surface area contributed by atoms with E-state index in [-0.39, 0.29) is 11.8 Å². The fourth-order valence-electron chi connectivity index (χ4n) is 1.71. The zero-order chi connectivity index (χ0) is 13.8. The summed E-state index contributed by atoms with van der Waals surface area (Å²) in [5.41, 5.74) is 7.76. The van der Waals surface area contributed by atoms with E-state index in [1.807, 2.05) is 12.1 Å². The molecule has 0 bridgehead atoms. The van der Waals surface area contributed by atoms with Gasteiger partial charge in [0.1, 0.15) is 0 Å². The molecular weight excluding hydrogens is 243 g/mol. The molecule has 0 aliphatic carbocycles. The average molecular weight is 260 g/mol. The maximum atomic E-state index is 13.4. The Balaban J connectivity index is 2.04. The fourth-order valence-corrected chi connectivity index (χ4v) is 1.71. The highest BCUT2D eigenvalue weighted by atomic mass is 19.1. The summed E-state index contributed by atoms with van der Waals surface area (Å²) in [5, 5.41) is 2.91. The van der Waals surface area contributed by atoms with Gasteiger partial charge in [-0.25, -0.2) is 9.37 Å². The van der Waals surface area contributed by atoms with Crippen LogP contribution in [0.25, 0.3) is 0 Å². The van der Waals surface area contributed by atoms with Crippen LogP contribution in [-0.4, -0.2) is 9.97 Å². The summed E-state index contributed by atoms with van der Waals surface area (Å²) in [4.78, 5) is 7.39. The first-order valence-electron chi connectivity index (χ1n) is 6.17. The average Bonchev–Trinajstić information content (AvgIpc) is 2.40. The van der Waals surface area contributed by atoms with Gasteiger partial charge in [-0.15, -0.1) is 0 Å². The molecule has 2 rings (SSSR count). The number of benzene rings is 1. The lowest BCUT2D eigenvalue weighted by molar-refractivity contribution is 0.617. The second kappa shape index (κ2) is 5.65. The molecule has 0 amide bonds. The zero-order valence-corrected chi connectivity index (χ0v) is 11.0. The number of hydrogen-bond acceptors (Lipinski definition) is 4. The van der Waals surface area contributed by atoms with E-state index in [9.17, 15) is 4.39 Å². The number of nitrogens with two attached hydrogens (primary N) is 1. The van der Waals surface area contributed by atoms with Crippen molar-refractivity contribution >= 4 is 11.8 Å². The van der Waals surface area contributed by atoms with Gasteiger partial charge in [-0.3, -0.25) is 0 Å². The number of nitrogens with zero attached hydrogens (tertiary/aromatic N) is 2. The van der Waals surface area contributed by atoms with Crippen LogP contribution in [0.2, 0.25) is 0 Å². The molecule has 0 saturated carbocycles. The molecule has 0 atom stereocenters. The molecular formula is C14H17FN4. The molecule has 100 valence electrons. The molecule has 1 aromatic carbocycles. The minimum atomic E-state index is -0.506. The van der Waals surface area contributed by atoms with Gasteiger partial charge in [-0.05, 0) is 17.0 Å². The van der Waals surface area contributed by atoms with Crippen molar-refractivity contribution in [1.29, 1.82) is 0 Å². The zero-order valence-electron chi connectivity index (χ0n) is 11.0. The predicted molar refractivity (Wildman–Crippen MR) is 74.3 cm³/mol. The van der Waals surface area contributed by atoms with E-state index in [0.717, 1.165) is 11.8 Å². The highest BCUT2D eigenvalue weighted by Crippen LogP contribution is 2.16. The quantitative estimate of drug-likeness (QED) is 0.887. The van der Waals surface area contributed by atoms with E-state index < -0.39 is 5.82 Å². The third kappa shape index (κ3) is 3.40. The van der Waals surface area contributed by atoms with Gasteiger partial charge < -0.3 is 11.1 Å². The fraction of sp³-hybridized carbons (Fsp3) is 0.286. The van der Waals surface area contributed by atoms with Gasteiger partial charge in [0.2, 0.25) is 5.95 Å². The number of rotatable bonds is 4. The van der Waals surface area contributed by atoms with Crippen molar-refractivity contribution < 1.29 is 4.39 Å². The number of aromatic nitrogens is 2. The summed E-state index contributed by atoms with van der Waals surface area (Å²) in [6, 6.07) is 8.19. The first kappa shape index (κ1) is 13.3. The Kier molecular flexibility index (Phi) is 3.94. The summed E-state index contributed by atoms with van der Waals surface area (Å²) in [7, 11) is 0. The molecule has 5 heteroatoms. The normalized spacial score (nSPS) is 10.7. The van der Waals surface area contributed by atoms with E-state index in [1.165, 1.54) is 5.56 Å². The number of nitrogen functional groups attached to an aromatic ring is 1. The highest BCUT2D eigenvalue weighted by molar-refractivity contribution is 5.40. The van der Waals surface area contributed by atoms with Crippen LogP contribution >= 0.6 is 0 Å². The molecule has 0 fully saturated rings. The van der Waals surface area contributed by atoms with Crippen molar-refractivity contribution in [2.45, 2.75) is 26.3 Å². The van der Waals surface area contributed by atoms with E-state index >= 15 is 0 Å².